The van der Waals surface area contributed by atoms with Gasteiger partial charge < -0.3 is 10.1 Å². The summed E-state index contributed by atoms with van der Waals surface area (Å²) in [6.45, 7) is 2.35. The lowest BCUT2D eigenvalue weighted by molar-refractivity contribution is -0.117. The summed E-state index contributed by atoms with van der Waals surface area (Å²) in [5.74, 6) is 0.599. The zero-order valence-electron chi connectivity index (χ0n) is 15.5. The maximum absolute atomic E-state index is 12.1. The molecule has 0 spiro atoms. The van der Waals surface area contributed by atoms with Gasteiger partial charge in [0.1, 0.15) is 12.4 Å². The second-order valence-electron chi connectivity index (χ2n) is 6.29. The van der Waals surface area contributed by atoms with Crippen LogP contribution in [-0.4, -0.2) is 10.9 Å². The van der Waals surface area contributed by atoms with Gasteiger partial charge in [0.15, 0.2) is 0 Å². The molecule has 1 heterocycles. The summed E-state index contributed by atoms with van der Waals surface area (Å²) in [4.78, 5) is 16.4. The fourth-order valence-electron chi connectivity index (χ4n) is 2.58. The summed E-state index contributed by atoms with van der Waals surface area (Å²) in [5.41, 5.74) is 2.79. The molecule has 142 valence electrons. The second kappa shape index (κ2) is 9.72. The number of hydrogen-bond donors (Lipinski definition) is 1. The van der Waals surface area contributed by atoms with E-state index in [2.05, 4.69) is 10.3 Å². The normalized spacial score (nSPS) is 11.9. The highest BCUT2D eigenvalue weighted by atomic mass is 35.5. The van der Waals surface area contributed by atoms with Gasteiger partial charge in [-0.2, -0.15) is 0 Å². The largest absolute Gasteiger partial charge is 0.487 e. The lowest BCUT2D eigenvalue weighted by Crippen LogP contribution is -2.24. The van der Waals surface area contributed by atoms with Crippen molar-refractivity contribution in [2.24, 2.45) is 0 Å². The monoisotopic (exact) mass is 392 g/mol. The third-order valence-electron chi connectivity index (χ3n) is 4.15. The van der Waals surface area contributed by atoms with E-state index in [0.29, 0.717) is 11.6 Å². The third kappa shape index (κ3) is 5.96. The maximum atomic E-state index is 12.1. The van der Waals surface area contributed by atoms with Crippen LogP contribution < -0.4 is 10.1 Å². The summed E-state index contributed by atoms with van der Waals surface area (Å²) < 4.78 is 5.71. The molecule has 0 aliphatic carbocycles. The Labute approximate surface area is 169 Å². The summed E-state index contributed by atoms with van der Waals surface area (Å²) in [5, 5.41) is 3.61. The summed E-state index contributed by atoms with van der Waals surface area (Å²) in [7, 11) is 0. The van der Waals surface area contributed by atoms with Crippen molar-refractivity contribution in [2.45, 2.75) is 19.6 Å². The van der Waals surface area contributed by atoms with Crippen LogP contribution in [0.15, 0.2) is 79.0 Å². The number of hydrogen-bond acceptors (Lipinski definition) is 3. The molecule has 2 aromatic carbocycles. The molecule has 4 nitrogen and oxygen atoms in total. The maximum Gasteiger partial charge on any atom is 0.244 e. The number of halogens is 1. The molecule has 0 saturated heterocycles. The van der Waals surface area contributed by atoms with Crippen molar-refractivity contribution < 1.29 is 9.53 Å². The number of rotatable bonds is 7. The molecule has 3 rings (SSSR count). The van der Waals surface area contributed by atoms with E-state index >= 15 is 0 Å². The average Bonchev–Trinajstić information content (AvgIpc) is 2.72. The van der Waals surface area contributed by atoms with Crippen LogP contribution in [-0.2, 0) is 11.4 Å². The van der Waals surface area contributed by atoms with Gasteiger partial charge in [0.25, 0.3) is 0 Å². The van der Waals surface area contributed by atoms with E-state index in [1.807, 2.05) is 73.7 Å². The van der Waals surface area contributed by atoms with E-state index in [9.17, 15) is 4.79 Å². The molecule has 0 fully saturated rings. The Morgan fingerprint density at radius 3 is 2.54 bits per heavy atom. The third-order valence-corrected chi connectivity index (χ3v) is 4.40. The minimum atomic E-state index is -0.155. The lowest BCUT2D eigenvalue weighted by atomic mass is 10.1. The number of carbonyl (C=O) groups excluding carboxylic acids is 1. The number of amides is 1. The van der Waals surface area contributed by atoms with Crippen LogP contribution in [0.4, 0.5) is 0 Å². The van der Waals surface area contributed by atoms with E-state index in [4.69, 9.17) is 16.3 Å². The molecule has 0 aliphatic rings. The Kier molecular flexibility index (Phi) is 6.82. The highest BCUT2D eigenvalue weighted by molar-refractivity contribution is 6.30. The van der Waals surface area contributed by atoms with Crippen molar-refractivity contribution in [3.63, 3.8) is 0 Å². The van der Waals surface area contributed by atoms with Gasteiger partial charge >= 0.3 is 0 Å². The number of pyridine rings is 1. The van der Waals surface area contributed by atoms with Crippen LogP contribution >= 0.6 is 11.6 Å². The van der Waals surface area contributed by atoms with Crippen LogP contribution in [0.3, 0.4) is 0 Å². The van der Waals surface area contributed by atoms with Crippen LogP contribution in [0.2, 0.25) is 5.02 Å². The number of nitrogens with zero attached hydrogens (tertiary/aromatic N) is 1. The van der Waals surface area contributed by atoms with Crippen molar-refractivity contribution in [3.8, 4) is 5.75 Å². The lowest BCUT2D eigenvalue weighted by Gasteiger charge is -2.12. The number of nitrogens with one attached hydrogen (secondary N) is 1. The SMILES string of the molecule is CC(NC(=O)/C=C/c1ccc(OCc2ccccn2)cc1)c1ccc(Cl)cc1. The van der Waals surface area contributed by atoms with Gasteiger partial charge in [-0.1, -0.05) is 41.9 Å². The van der Waals surface area contributed by atoms with E-state index in [1.54, 1.807) is 12.3 Å². The number of aromatic nitrogens is 1. The molecule has 0 aliphatic heterocycles. The van der Waals surface area contributed by atoms with Crippen molar-refractivity contribution >= 4 is 23.6 Å². The predicted molar refractivity (Wildman–Crippen MR) is 112 cm³/mol. The summed E-state index contributed by atoms with van der Waals surface area (Å²) >= 11 is 5.89. The summed E-state index contributed by atoms with van der Waals surface area (Å²) in [6, 6.07) is 20.6. The molecule has 1 aromatic heterocycles. The van der Waals surface area contributed by atoms with E-state index in [0.717, 1.165) is 22.6 Å². The molecule has 0 bridgehead atoms. The molecule has 3 aromatic rings. The number of ether oxygens (including phenoxy) is 1. The zero-order chi connectivity index (χ0) is 19.8. The Morgan fingerprint density at radius 1 is 1.11 bits per heavy atom. The van der Waals surface area contributed by atoms with Crippen LogP contribution in [0.25, 0.3) is 6.08 Å². The molecular weight excluding hydrogens is 372 g/mol. The van der Waals surface area contributed by atoms with E-state index in [1.165, 1.54) is 6.08 Å². The van der Waals surface area contributed by atoms with Crippen molar-refractivity contribution in [1.82, 2.24) is 10.3 Å². The number of carbonyl (C=O) groups is 1. The molecule has 5 heteroatoms. The van der Waals surface area contributed by atoms with Crippen molar-refractivity contribution in [2.75, 3.05) is 0 Å². The second-order valence-corrected chi connectivity index (χ2v) is 6.73. The molecule has 0 saturated carbocycles. The van der Waals surface area contributed by atoms with Gasteiger partial charge in [0, 0.05) is 17.3 Å². The Balaban J connectivity index is 1.50. The highest BCUT2D eigenvalue weighted by Crippen LogP contribution is 2.17. The molecular formula is C23H21ClN2O2. The molecule has 1 amide bonds. The van der Waals surface area contributed by atoms with Gasteiger partial charge in [-0.05, 0) is 60.5 Å². The van der Waals surface area contributed by atoms with Crippen LogP contribution in [0.1, 0.15) is 29.8 Å². The Morgan fingerprint density at radius 2 is 1.86 bits per heavy atom. The fourth-order valence-corrected chi connectivity index (χ4v) is 2.71. The van der Waals surface area contributed by atoms with Gasteiger partial charge in [-0.3, -0.25) is 9.78 Å². The molecule has 1 atom stereocenters. The first-order valence-electron chi connectivity index (χ1n) is 8.97. The smallest absolute Gasteiger partial charge is 0.244 e. The van der Waals surface area contributed by atoms with Crippen LogP contribution in [0, 0.1) is 0 Å². The number of benzene rings is 2. The van der Waals surface area contributed by atoms with Crippen molar-refractivity contribution in [1.29, 1.82) is 0 Å². The first-order valence-corrected chi connectivity index (χ1v) is 9.35. The predicted octanol–water partition coefficient (Wildman–Crippen LogP) is 5.20. The minimum absolute atomic E-state index is 0.100. The molecule has 0 radical (unpaired) electrons. The standard InChI is InChI=1S/C23H21ClN2O2/c1-17(19-8-10-20(24)11-9-19)26-23(27)14-7-18-5-12-22(13-6-18)28-16-21-4-2-3-15-25-21/h2-15,17H,16H2,1H3,(H,26,27)/b14-7+. The van der Waals surface area contributed by atoms with Crippen LogP contribution in [0.5, 0.6) is 5.75 Å². The molecule has 28 heavy (non-hydrogen) atoms. The first-order chi connectivity index (χ1) is 13.6. The van der Waals surface area contributed by atoms with Gasteiger partial charge in [0.2, 0.25) is 5.91 Å². The average molecular weight is 393 g/mol. The molecule has 1 unspecified atom stereocenters. The topological polar surface area (TPSA) is 51.2 Å². The van der Waals surface area contributed by atoms with E-state index < -0.39 is 0 Å². The van der Waals surface area contributed by atoms with Crippen molar-refractivity contribution in [3.05, 3.63) is 101 Å². The fraction of sp³-hybridized carbons (Fsp3) is 0.130. The molecule has 1 N–H and O–H groups in total. The Bertz CT molecular complexity index is 923. The first kappa shape index (κ1) is 19.6. The Hall–Kier alpha value is -3.11. The van der Waals surface area contributed by atoms with E-state index in [-0.39, 0.29) is 11.9 Å². The summed E-state index contributed by atoms with van der Waals surface area (Å²) in [6.07, 6.45) is 5.04. The van der Waals surface area contributed by atoms with Gasteiger partial charge in [0.05, 0.1) is 11.7 Å². The zero-order valence-corrected chi connectivity index (χ0v) is 16.3. The van der Waals surface area contributed by atoms with Gasteiger partial charge in [-0.25, -0.2) is 0 Å². The minimum Gasteiger partial charge on any atom is -0.487 e. The highest BCUT2D eigenvalue weighted by Gasteiger charge is 2.07. The quantitative estimate of drug-likeness (QED) is 0.562. The van der Waals surface area contributed by atoms with Gasteiger partial charge in [-0.15, -0.1) is 0 Å².